The van der Waals surface area contributed by atoms with Crippen molar-refractivity contribution in [3.8, 4) is 16.9 Å². The van der Waals surface area contributed by atoms with Crippen molar-refractivity contribution >= 4 is 17.6 Å². The molecule has 0 saturated carbocycles. The molecule has 0 radical (unpaired) electrons. The second-order valence-electron chi connectivity index (χ2n) is 8.52. The van der Waals surface area contributed by atoms with Gasteiger partial charge in [0.15, 0.2) is 0 Å². The fraction of sp³-hybridized carbons (Fsp3) is 0.333. The molecule has 0 spiro atoms. The molecule has 4 bridgehead atoms. The Morgan fingerprint density at radius 1 is 1.12 bits per heavy atom. The number of hydrogen-bond donors (Lipinski definition) is 8. The maximum absolute atomic E-state index is 12.9. The molecule has 1 aliphatic rings. The van der Waals surface area contributed by atoms with E-state index in [9.17, 15) is 24.9 Å². The molecule has 1 aliphatic heterocycles. The molecule has 34 heavy (non-hydrogen) atoms. The van der Waals surface area contributed by atoms with Crippen LogP contribution in [0.4, 0.5) is 5.69 Å². The Kier molecular flexibility index (Phi) is 7.77. The second kappa shape index (κ2) is 10.6. The third-order valence-electron chi connectivity index (χ3n) is 5.93. The van der Waals surface area contributed by atoms with E-state index in [1.54, 1.807) is 30.3 Å². The van der Waals surface area contributed by atoms with Gasteiger partial charge in [-0.05, 0) is 46.5 Å². The Morgan fingerprint density at radius 3 is 2.41 bits per heavy atom. The predicted molar refractivity (Wildman–Crippen MR) is 129 cm³/mol. The molecule has 0 aromatic heterocycles. The smallest absolute Gasteiger partial charge is 0.326 e. The average Bonchev–Trinajstić information content (AvgIpc) is 2.79. The number of nitrogens with one attached hydrogen (secondary N) is 2. The van der Waals surface area contributed by atoms with E-state index in [0.29, 0.717) is 16.8 Å². The molecule has 2 aromatic rings. The highest BCUT2D eigenvalue weighted by atomic mass is 16.4. The number of carbonyl (C=O) groups is 2. The van der Waals surface area contributed by atoms with E-state index in [1.165, 1.54) is 6.07 Å². The number of anilines is 1. The Hall–Kier alpha value is -3.60. The summed E-state index contributed by atoms with van der Waals surface area (Å²) in [5.74, 6) is -1.68. The van der Waals surface area contributed by atoms with Gasteiger partial charge in [0.2, 0.25) is 5.91 Å². The first-order chi connectivity index (χ1) is 16.1. The molecule has 182 valence electrons. The molecule has 10 nitrogen and oxygen atoms in total. The zero-order chi connectivity index (χ0) is 25.0. The standard InChI is InChI=1S/C24H31N5O5/c1-12-20(10-17(30)11-25)29-23(32)19(27)8-16-7-14(3-5-22(16)31)13-2-4-18(26)15(6-13)9-21(28-12)24(33)34/h2-7,17,19-21,28,30-31H,1,8-11,25-27H2,(H,29,32)(H,33,34)/t17-,19+,20+,21+/m1/s1. The fourth-order valence-electron chi connectivity index (χ4n) is 3.90. The zero-order valence-electron chi connectivity index (χ0n) is 18.7. The van der Waals surface area contributed by atoms with Crippen molar-refractivity contribution in [3.05, 3.63) is 59.8 Å². The number of aliphatic hydroxyl groups excluding tert-OH is 1. The monoisotopic (exact) mass is 469 g/mol. The van der Waals surface area contributed by atoms with E-state index < -0.39 is 36.1 Å². The summed E-state index contributed by atoms with van der Waals surface area (Å²) in [6.45, 7) is 3.84. The molecule has 1 heterocycles. The molecule has 10 heteroatoms. The van der Waals surface area contributed by atoms with E-state index in [0.717, 1.165) is 11.1 Å². The van der Waals surface area contributed by atoms with Crippen LogP contribution in [0.25, 0.3) is 11.1 Å². The highest BCUT2D eigenvalue weighted by Gasteiger charge is 2.27. The van der Waals surface area contributed by atoms with Gasteiger partial charge in [-0.3, -0.25) is 4.79 Å². The lowest BCUT2D eigenvalue weighted by molar-refractivity contribution is -0.139. The molecule has 0 unspecified atom stereocenters. The van der Waals surface area contributed by atoms with Crippen molar-refractivity contribution in [2.24, 2.45) is 11.5 Å². The minimum Gasteiger partial charge on any atom is -0.508 e. The molecule has 1 amide bonds. The highest BCUT2D eigenvalue weighted by molar-refractivity contribution is 5.83. The predicted octanol–water partition coefficient (Wildman–Crippen LogP) is -0.182. The normalized spacial score (nSPS) is 22.0. The lowest BCUT2D eigenvalue weighted by atomic mass is 9.95. The van der Waals surface area contributed by atoms with Crippen molar-refractivity contribution in [3.63, 3.8) is 0 Å². The quantitative estimate of drug-likeness (QED) is 0.280. The first-order valence-electron chi connectivity index (χ1n) is 10.9. The van der Waals surface area contributed by atoms with Crippen LogP contribution >= 0.6 is 0 Å². The lowest BCUT2D eigenvalue weighted by Crippen LogP contribution is -2.51. The van der Waals surface area contributed by atoms with Crippen LogP contribution in [0.3, 0.4) is 0 Å². The van der Waals surface area contributed by atoms with Gasteiger partial charge in [-0.15, -0.1) is 0 Å². The minimum absolute atomic E-state index is 0.000827. The third-order valence-corrected chi connectivity index (χ3v) is 5.93. The van der Waals surface area contributed by atoms with Gasteiger partial charge in [0.05, 0.1) is 18.2 Å². The Balaban J connectivity index is 2.09. The summed E-state index contributed by atoms with van der Waals surface area (Å²) < 4.78 is 0. The number of phenolic OH excluding ortho intramolecular Hbond substituents is 1. The number of carbonyl (C=O) groups excluding carboxylic acids is 1. The number of aliphatic hydroxyl groups is 1. The van der Waals surface area contributed by atoms with Gasteiger partial charge in [0.1, 0.15) is 11.8 Å². The fourth-order valence-corrected chi connectivity index (χ4v) is 3.90. The molecule has 3 rings (SSSR count). The zero-order valence-corrected chi connectivity index (χ0v) is 18.7. The number of hydrogen-bond acceptors (Lipinski definition) is 8. The van der Waals surface area contributed by atoms with Gasteiger partial charge in [0, 0.05) is 37.2 Å². The number of aliphatic carboxylic acids is 1. The van der Waals surface area contributed by atoms with Crippen LogP contribution in [-0.4, -0.2) is 58.0 Å². The first kappa shape index (κ1) is 25.0. The first-order valence-corrected chi connectivity index (χ1v) is 10.9. The maximum atomic E-state index is 12.9. The number of aromatic hydroxyl groups is 1. The summed E-state index contributed by atoms with van der Waals surface area (Å²) in [6.07, 6.45) is -0.861. The molecule has 4 atom stereocenters. The summed E-state index contributed by atoms with van der Waals surface area (Å²) in [5.41, 5.74) is 21.0. The van der Waals surface area contributed by atoms with Crippen LogP contribution in [0, 0.1) is 0 Å². The summed E-state index contributed by atoms with van der Waals surface area (Å²) in [5, 5.41) is 35.8. The van der Waals surface area contributed by atoms with Gasteiger partial charge in [0.25, 0.3) is 0 Å². The molecule has 11 N–H and O–H groups in total. The minimum atomic E-state index is -1.14. The average molecular weight is 470 g/mol. The van der Waals surface area contributed by atoms with Gasteiger partial charge in [-0.2, -0.15) is 0 Å². The summed E-state index contributed by atoms with van der Waals surface area (Å²) >= 11 is 0. The molecular weight excluding hydrogens is 438 g/mol. The molecule has 0 aliphatic carbocycles. The molecule has 0 fully saturated rings. The SMILES string of the molecule is C=C1N[C@H](C(=O)O)Cc2cc(ccc2N)-c2ccc(O)c(c2)C[C@H](N)C(=O)N[C@H]1C[C@@H](O)CN. The summed E-state index contributed by atoms with van der Waals surface area (Å²) in [6, 6.07) is 7.30. The van der Waals surface area contributed by atoms with Crippen LogP contribution in [-0.2, 0) is 22.4 Å². The van der Waals surface area contributed by atoms with Crippen molar-refractivity contribution in [2.75, 3.05) is 12.3 Å². The van der Waals surface area contributed by atoms with Gasteiger partial charge in [-0.25, -0.2) is 4.79 Å². The van der Waals surface area contributed by atoms with E-state index in [1.807, 2.05) is 0 Å². The lowest BCUT2D eigenvalue weighted by Gasteiger charge is -2.28. The highest BCUT2D eigenvalue weighted by Crippen LogP contribution is 2.29. The second-order valence-corrected chi connectivity index (χ2v) is 8.52. The number of nitrogen functional groups attached to an aromatic ring is 1. The van der Waals surface area contributed by atoms with Crippen molar-refractivity contribution < 1.29 is 24.9 Å². The Labute approximate surface area is 197 Å². The Morgan fingerprint density at radius 2 is 1.76 bits per heavy atom. The number of benzene rings is 2. The molecule has 2 aromatic carbocycles. The number of carboxylic acids is 1. The topological polar surface area (TPSA) is 197 Å². The van der Waals surface area contributed by atoms with Gasteiger partial charge in [-0.1, -0.05) is 18.7 Å². The van der Waals surface area contributed by atoms with E-state index in [4.69, 9.17) is 17.2 Å². The van der Waals surface area contributed by atoms with Crippen LogP contribution in [0.2, 0.25) is 0 Å². The van der Waals surface area contributed by atoms with E-state index in [-0.39, 0.29) is 37.3 Å². The summed E-state index contributed by atoms with van der Waals surface area (Å²) in [7, 11) is 0. The van der Waals surface area contributed by atoms with Gasteiger partial charge >= 0.3 is 5.97 Å². The van der Waals surface area contributed by atoms with E-state index in [2.05, 4.69) is 17.2 Å². The van der Waals surface area contributed by atoms with Crippen LogP contribution in [0.15, 0.2) is 48.7 Å². The van der Waals surface area contributed by atoms with Crippen molar-refractivity contribution in [1.29, 1.82) is 0 Å². The summed E-state index contributed by atoms with van der Waals surface area (Å²) in [4.78, 5) is 24.9. The maximum Gasteiger partial charge on any atom is 0.326 e. The number of rotatable bonds is 4. The Bertz CT molecular complexity index is 1090. The van der Waals surface area contributed by atoms with Crippen molar-refractivity contribution in [1.82, 2.24) is 10.6 Å². The number of nitrogens with two attached hydrogens (primary N) is 3. The number of amides is 1. The van der Waals surface area contributed by atoms with Crippen molar-refractivity contribution in [2.45, 2.75) is 43.5 Å². The number of carboxylic acid groups (broad SMARTS) is 1. The largest absolute Gasteiger partial charge is 0.508 e. The third kappa shape index (κ3) is 5.84. The molecule has 0 saturated heterocycles. The van der Waals surface area contributed by atoms with Gasteiger partial charge < -0.3 is 43.2 Å². The molecular formula is C24H31N5O5. The number of phenols is 1. The van der Waals surface area contributed by atoms with Crippen LogP contribution in [0.1, 0.15) is 17.5 Å². The van der Waals surface area contributed by atoms with E-state index >= 15 is 0 Å². The number of fused-ring (bicyclic) bond motifs is 5. The van der Waals surface area contributed by atoms with Crippen LogP contribution < -0.4 is 27.8 Å². The van der Waals surface area contributed by atoms with Crippen LogP contribution in [0.5, 0.6) is 5.75 Å².